The van der Waals surface area contributed by atoms with Crippen LogP contribution in [0.5, 0.6) is 5.75 Å². The SMILES string of the molecule is O=C1/C(=C\c2ccc(-c3ccc(N(c4ccc(-c5ccc(/C=C/C6=CC=CC6)s5)cc4)c4ccc(-c5ccc(/C=C/c6cccs6)s5)cc4)cc3)s2)Oc2ccccc21. The van der Waals surface area contributed by atoms with Crippen LogP contribution in [0, 0.1) is 0 Å². The van der Waals surface area contributed by atoms with Crippen molar-refractivity contribution < 1.29 is 9.53 Å². The lowest BCUT2D eigenvalue weighted by Crippen LogP contribution is -2.09. The zero-order valence-corrected chi connectivity index (χ0v) is 34.9. The summed E-state index contributed by atoms with van der Waals surface area (Å²) in [5, 5.41) is 2.11. The standard InChI is InChI=1S/C52H35NO2S4/c54-52-46-9-3-4-10-47(46)55-48(52)34-45-29-32-51(59-45)38-16-22-41(23-17-38)53(39-18-12-36(13-19-39)49-30-27-43(57-49)24-11-35-6-1-2-7-35)40-20-14-37(15-21-40)50-31-28-44(58-50)26-25-42-8-5-33-56-42/h1-6,8-34H,7H2/b24-11+,26-25+,48-34+. The quantitative estimate of drug-likeness (QED) is 0.122. The first-order valence-electron chi connectivity index (χ1n) is 19.3. The first kappa shape index (κ1) is 37.0. The molecule has 0 atom stereocenters. The van der Waals surface area contributed by atoms with E-state index in [9.17, 15) is 4.79 Å². The summed E-state index contributed by atoms with van der Waals surface area (Å²) in [6, 6.07) is 51.1. The number of carbonyl (C=O) groups excluding carboxylic acids is 1. The van der Waals surface area contributed by atoms with Gasteiger partial charge in [0.2, 0.25) is 5.78 Å². The summed E-state index contributed by atoms with van der Waals surface area (Å²) in [5.74, 6) is 0.896. The molecule has 0 fully saturated rings. The summed E-state index contributed by atoms with van der Waals surface area (Å²) in [5.41, 5.74) is 8.67. The number of hydrogen-bond donors (Lipinski definition) is 0. The Hall–Kier alpha value is -6.35. The summed E-state index contributed by atoms with van der Waals surface area (Å²) in [4.78, 5) is 23.5. The third kappa shape index (κ3) is 8.06. The van der Waals surface area contributed by atoms with Gasteiger partial charge in [0.05, 0.1) is 5.56 Å². The van der Waals surface area contributed by atoms with E-state index in [0.717, 1.165) is 38.8 Å². The average molecular weight is 834 g/mol. The zero-order chi connectivity index (χ0) is 39.5. The Morgan fingerprint density at radius 1 is 0.525 bits per heavy atom. The second-order valence-electron chi connectivity index (χ2n) is 14.1. The molecule has 4 aromatic heterocycles. The van der Waals surface area contributed by atoms with Gasteiger partial charge in [0, 0.05) is 57.3 Å². The second kappa shape index (κ2) is 16.5. The molecule has 0 bridgehead atoms. The second-order valence-corrected chi connectivity index (χ2v) is 18.4. The molecule has 4 aromatic carbocycles. The number of thiophene rings is 4. The number of anilines is 3. The average Bonchev–Trinajstić information content (AvgIpc) is 4.14. The van der Waals surface area contributed by atoms with E-state index < -0.39 is 0 Å². The van der Waals surface area contributed by atoms with Crippen molar-refractivity contribution in [1.82, 2.24) is 0 Å². The van der Waals surface area contributed by atoms with Gasteiger partial charge in [-0.25, -0.2) is 0 Å². The van der Waals surface area contributed by atoms with Crippen LogP contribution in [0.3, 0.4) is 0 Å². The summed E-state index contributed by atoms with van der Waals surface area (Å²) in [6.45, 7) is 0. The van der Waals surface area contributed by atoms with Crippen LogP contribution < -0.4 is 9.64 Å². The van der Waals surface area contributed by atoms with Crippen LogP contribution in [0.2, 0.25) is 0 Å². The number of nitrogens with zero attached hydrogens (tertiary/aromatic N) is 1. The van der Waals surface area contributed by atoms with E-state index in [0.29, 0.717) is 17.1 Å². The van der Waals surface area contributed by atoms with Crippen LogP contribution in [0.15, 0.2) is 187 Å². The lowest BCUT2D eigenvalue weighted by molar-refractivity contribution is 0.101. The highest BCUT2D eigenvalue weighted by molar-refractivity contribution is 7.17. The number of ketones is 1. The van der Waals surface area contributed by atoms with Crippen molar-refractivity contribution >= 4 is 92.5 Å². The monoisotopic (exact) mass is 833 g/mol. The number of ether oxygens (including phenoxy) is 1. The largest absolute Gasteiger partial charge is 0.452 e. The van der Waals surface area contributed by atoms with Crippen LogP contribution in [-0.4, -0.2) is 5.78 Å². The molecule has 0 amide bonds. The van der Waals surface area contributed by atoms with E-state index in [4.69, 9.17) is 4.74 Å². The molecule has 1 aliphatic carbocycles. The number of benzene rings is 4. The van der Waals surface area contributed by atoms with Gasteiger partial charge in [-0.1, -0.05) is 78.9 Å². The molecule has 0 unspecified atom stereocenters. The van der Waals surface area contributed by atoms with Gasteiger partial charge in [-0.2, -0.15) is 0 Å². The minimum Gasteiger partial charge on any atom is -0.452 e. The van der Waals surface area contributed by atoms with Gasteiger partial charge in [-0.3, -0.25) is 4.79 Å². The summed E-state index contributed by atoms with van der Waals surface area (Å²) >= 11 is 7.00. The molecular weight excluding hydrogens is 799 g/mol. The van der Waals surface area contributed by atoms with Crippen molar-refractivity contribution in [2.75, 3.05) is 4.90 Å². The van der Waals surface area contributed by atoms with E-state index in [1.807, 2.05) is 47.7 Å². The van der Waals surface area contributed by atoms with Crippen LogP contribution in [0.1, 0.15) is 36.3 Å². The summed E-state index contributed by atoms with van der Waals surface area (Å²) in [6.07, 6.45) is 18.1. The third-order valence-electron chi connectivity index (χ3n) is 10.2. The molecule has 1 aliphatic heterocycles. The molecule has 0 saturated heterocycles. The van der Waals surface area contributed by atoms with E-state index in [1.54, 1.807) is 34.0 Å². The first-order chi connectivity index (χ1) is 29.1. The minimum atomic E-state index is -0.0777. The normalized spacial score (nSPS) is 14.1. The van der Waals surface area contributed by atoms with Crippen molar-refractivity contribution in [2.45, 2.75) is 6.42 Å². The first-order valence-corrected chi connectivity index (χ1v) is 22.6. The number of rotatable bonds is 11. The van der Waals surface area contributed by atoms with Crippen molar-refractivity contribution in [3.8, 4) is 37.1 Å². The van der Waals surface area contributed by atoms with Gasteiger partial charge in [0.25, 0.3) is 0 Å². The molecule has 3 nitrogen and oxygen atoms in total. The van der Waals surface area contributed by atoms with Crippen LogP contribution in [0.25, 0.3) is 55.6 Å². The lowest BCUT2D eigenvalue weighted by atomic mass is 10.1. The Kier molecular flexibility index (Phi) is 10.3. The molecular formula is C52H35NO2S4. The van der Waals surface area contributed by atoms with E-state index in [1.165, 1.54) is 41.1 Å². The molecule has 0 N–H and O–H groups in total. The number of hydrogen-bond acceptors (Lipinski definition) is 7. The lowest BCUT2D eigenvalue weighted by Gasteiger charge is -2.26. The molecule has 59 heavy (non-hydrogen) atoms. The Balaban J connectivity index is 0.921. The fraction of sp³-hybridized carbons (Fsp3) is 0.0192. The summed E-state index contributed by atoms with van der Waals surface area (Å²) < 4.78 is 5.89. The molecule has 5 heterocycles. The van der Waals surface area contributed by atoms with Gasteiger partial charge < -0.3 is 9.64 Å². The summed E-state index contributed by atoms with van der Waals surface area (Å²) in [7, 11) is 0. The van der Waals surface area contributed by atoms with Crippen molar-refractivity contribution in [1.29, 1.82) is 0 Å². The number of Topliss-reactive ketones (excluding diaryl/α,β-unsaturated/α-hetero) is 1. The van der Waals surface area contributed by atoms with Gasteiger partial charge in [-0.05, 0) is 143 Å². The molecule has 7 heteroatoms. The molecule has 0 radical (unpaired) electrons. The van der Waals surface area contributed by atoms with Gasteiger partial charge in [0.15, 0.2) is 5.76 Å². The maximum Gasteiger partial charge on any atom is 0.231 e. The number of allylic oxidation sites excluding steroid dienone is 6. The van der Waals surface area contributed by atoms with Crippen LogP contribution in [-0.2, 0) is 0 Å². The number of para-hydroxylation sites is 1. The van der Waals surface area contributed by atoms with E-state index in [-0.39, 0.29) is 5.78 Å². The molecule has 8 aromatic rings. The minimum absolute atomic E-state index is 0.0777. The zero-order valence-electron chi connectivity index (χ0n) is 31.7. The highest BCUT2D eigenvalue weighted by Crippen LogP contribution is 2.41. The fourth-order valence-electron chi connectivity index (χ4n) is 7.14. The van der Waals surface area contributed by atoms with E-state index >= 15 is 0 Å². The van der Waals surface area contributed by atoms with Crippen molar-refractivity contribution in [3.63, 3.8) is 0 Å². The van der Waals surface area contributed by atoms with E-state index in [2.05, 4.69) is 168 Å². The fourth-order valence-corrected chi connectivity index (χ4v) is 10.5. The van der Waals surface area contributed by atoms with Gasteiger partial charge in [0.1, 0.15) is 5.75 Å². The molecule has 0 saturated carbocycles. The Bertz CT molecular complexity index is 2930. The molecule has 0 spiro atoms. The predicted octanol–water partition coefficient (Wildman–Crippen LogP) is 16.1. The third-order valence-corrected chi connectivity index (χ3v) is 14.3. The number of fused-ring (bicyclic) bond motifs is 1. The molecule has 2 aliphatic rings. The molecule has 10 rings (SSSR count). The maximum absolute atomic E-state index is 12.9. The van der Waals surface area contributed by atoms with Crippen LogP contribution >= 0.6 is 45.3 Å². The van der Waals surface area contributed by atoms with Crippen LogP contribution in [0.4, 0.5) is 17.1 Å². The number of carbonyl (C=O) groups is 1. The predicted molar refractivity (Wildman–Crippen MR) is 255 cm³/mol. The van der Waals surface area contributed by atoms with Crippen molar-refractivity contribution in [2.24, 2.45) is 0 Å². The van der Waals surface area contributed by atoms with Crippen molar-refractivity contribution in [3.05, 3.63) is 212 Å². The highest BCUT2D eigenvalue weighted by atomic mass is 32.1. The molecule has 284 valence electrons. The Morgan fingerprint density at radius 2 is 1.07 bits per heavy atom. The maximum atomic E-state index is 12.9. The smallest absolute Gasteiger partial charge is 0.231 e. The van der Waals surface area contributed by atoms with Gasteiger partial charge in [-0.15, -0.1) is 45.3 Å². The highest BCUT2D eigenvalue weighted by Gasteiger charge is 2.26. The Morgan fingerprint density at radius 3 is 1.61 bits per heavy atom. The Labute approximate surface area is 359 Å². The topological polar surface area (TPSA) is 29.5 Å². The van der Waals surface area contributed by atoms with Gasteiger partial charge >= 0.3 is 0 Å².